The highest BCUT2D eigenvalue weighted by molar-refractivity contribution is 6.02. The molecule has 208 valence electrons. The van der Waals surface area contributed by atoms with Gasteiger partial charge in [0.1, 0.15) is 17.3 Å². The van der Waals surface area contributed by atoms with E-state index in [2.05, 4.69) is 52.5 Å². The zero-order valence-electron chi connectivity index (χ0n) is 23.4. The van der Waals surface area contributed by atoms with Crippen LogP contribution in [-0.2, 0) is 23.0 Å². The Labute approximate surface area is 228 Å². The quantitative estimate of drug-likeness (QED) is 0.596. The Bertz CT molecular complexity index is 1360. The molecule has 2 atom stereocenters. The maximum atomic E-state index is 12.4. The van der Waals surface area contributed by atoms with Gasteiger partial charge in [0.15, 0.2) is 17.0 Å². The number of aromatic nitrogens is 4. The van der Waals surface area contributed by atoms with Crippen molar-refractivity contribution in [3.05, 3.63) is 30.1 Å². The summed E-state index contributed by atoms with van der Waals surface area (Å²) >= 11 is 0. The van der Waals surface area contributed by atoms with E-state index in [9.17, 15) is 9.90 Å². The fourth-order valence-electron chi connectivity index (χ4n) is 5.85. The van der Waals surface area contributed by atoms with E-state index >= 15 is 0 Å². The topological polar surface area (TPSA) is 112 Å². The van der Waals surface area contributed by atoms with Crippen LogP contribution < -0.4 is 9.80 Å². The van der Waals surface area contributed by atoms with E-state index in [-0.39, 0.29) is 29.8 Å². The number of amides is 1. The average Bonchev–Trinajstić information content (AvgIpc) is 3.43. The first-order valence-corrected chi connectivity index (χ1v) is 13.9. The number of anilines is 2. The van der Waals surface area contributed by atoms with Crippen LogP contribution in [0.4, 0.5) is 11.8 Å². The molecule has 0 bridgehead atoms. The number of likely N-dealkylation sites (tertiary alicyclic amines) is 1. The summed E-state index contributed by atoms with van der Waals surface area (Å²) in [6.45, 7) is 11.4. The number of hydrogen-bond acceptors (Lipinski definition) is 9. The van der Waals surface area contributed by atoms with Crippen LogP contribution >= 0.6 is 0 Å². The number of amidine groups is 1. The molecule has 2 unspecified atom stereocenters. The molecule has 6 rings (SSSR count). The Morgan fingerprint density at radius 2 is 1.85 bits per heavy atom. The maximum Gasteiger partial charge on any atom is 0.253 e. The van der Waals surface area contributed by atoms with Gasteiger partial charge < -0.3 is 24.2 Å². The van der Waals surface area contributed by atoms with Gasteiger partial charge in [-0.15, -0.1) is 0 Å². The first kappa shape index (κ1) is 25.9. The summed E-state index contributed by atoms with van der Waals surface area (Å²) in [4.78, 5) is 38.9. The number of carbonyl (C=O) groups is 1. The predicted octanol–water partition coefficient (Wildman–Crippen LogP) is 1.71. The van der Waals surface area contributed by atoms with Crippen LogP contribution in [0.25, 0.3) is 11.2 Å². The lowest BCUT2D eigenvalue weighted by Crippen LogP contribution is -2.56. The number of fused-ring (bicyclic) bond motifs is 2. The lowest BCUT2D eigenvalue weighted by molar-refractivity contribution is -0.154. The fourth-order valence-corrected chi connectivity index (χ4v) is 5.85. The number of aliphatic hydroxyl groups is 1. The lowest BCUT2D eigenvalue weighted by Gasteiger charge is -2.41. The van der Waals surface area contributed by atoms with Gasteiger partial charge >= 0.3 is 0 Å². The van der Waals surface area contributed by atoms with Gasteiger partial charge in [-0.3, -0.25) is 14.7 Å². The predicted molar refractivity (Wildman–Crippen MR) is 150 cm³/mol. The van der Waals surface area contributed by atoms with Gasteiger partial charge in [-0.25, -0.2) is 4.98 Å². The largest absolute Gasteiger partial charge is 0.381 e. The third-order valence-electron chi connectivity index (χ3n) is 7.97. The number of ether oxygens (including phenoxy) is 1. The van der Waals surface area contributed by atoms with Crippen molar-refractivity contribution >= 4 is 34.7 Å². The molecule has 3 aliphatic heterocycles. The van der Waals surface area contributed by atoms with Crippen molar-refractivity contribution in [2.24, 2.45) is 23.9 Å². The molecule has 0 spiro atoms. The minimum Gasteiger partial charge on any atom is -0.381 e. The van der Waals surface area contributed by atoms with E-state index in [1.165, 1.54) is 13.8 Å². The number of rotatable bonds is 6. The highest BCUT2D eigenvalue weighted by atomic mass is 16.5. The van der Waals surface area contributed by atoms with E-state index in [0.29, 0.717) is 32.3 Å². The van der Waals surface area contributed by atoms with E-state index in [4.69, 9.17) is 24.7 Å². The van der Waals surface area contributed by atoms with Gasteiger partial charge in [0, 0.05) is 51.5 Å². The third-order valence-corrected chi connectivity index (χ3v) is 7.97. The lowest BCUT2D eigenvalue weighted by atomic mass is 9.93. The molecule has 5 heterocycles. The molecule has 11 heteroatoms. The maximum absolute atomic E-state index is 12.4. The molecule has 2 saturated heterocycles. The molecule has 1 N–H and O–H groups in total. The van der Waals surface area contributed by atoms with Crippen molar-refractivity contribution in [3.8, 4) is 0 Å². The number of hydrogen-bond donors (Lipinski definition) is 1. The fraction of sp³-hybridized carbons (Fsp3) is 0.607. The Morgan fingerprint density at radius 1 is 1.13 bits per heavy atom. The third kappa shape index (κ3) is 4.61. The summed E-state index contributed by atoms with van der Waals surface area (Å²) in [5.41, 5.74) is 0.236. The first-order chi connectivity index (χ1) is 18.6. The molecular formula is C28H38N8O3. The summed E-state index contributed by atoms with van der Waals surface area (Å²) in [7, 11) is 2.01. The Balaban J connectivity index is 1.36. The molecule has 39 heavy (non-hydrogen) atoms. The zero-order valence-corrected chi connectivity index (χ0v) is 23.4. The average molecular weight is 535 g/mol. The van der Waals surface area contributed by atoms with Crippen LogP contribution in [0, 0.1) is 11.8 Å². The van der Waals surface area contributed by atoms with Gasteiger partial charge in [-0.2, -0.15) is 9.97 Å². The zero-order chi connectivity index (χ0) is 27.5. The number of allylic oxidation sites excluding steroid dienone is 2. The molecule has 1 aliphatic carbocycles. The number of aliphatic imine (C=N–C) groups is 1. The first-order valence-electron chi connectivity index (χ1n) is 13.9. The molecular weight excluding hydrogens is 496 g/mol. The monoisotopic (exact) mass is 534 g/mol. The molecule has 0 radical (unpaired) electrons. The SMILES string of the molecule is CC(C)C1=NC2C=CC=CC2N1c1nc(N2CCOCC2)c2nc(CC3CN(C(=O)C(C)(C)O)C3)n(C)c2n1. The van der Waals surface area contributed by atoms with Crippen LogP contribution in [0.1, 0.15) is 33.5 Å². The molecule has 1 amide bonds. The van der Waals surface area contributed by atoms with Crippen LogP contribution in [0.3, 0.4) is 0 Å². The van der Waals surface area contributed by atoms with Gasteiger partial charge in [-0.05, 0) is 13.8 Å². The summed E-state index contributed by atoms with van der Waals surface area (Å²) < 4.78 is 7.70. The van der Waals surface area contributed by atoms with Crippen LogP contribution in [0.5, 0.6) is 0 Å². The number of carbonyl (C=O) groups excluding carboxylic acids is 1. The highest BCUT2D eigenvalue weighted by Gasteiger charge is 2.40. The van der Waals surface area contributed by atoms with Crippen LogP contribution in [-0.4, -0.2) is 98.3 Å². The van der Waals surface area contributed by atoms with Gasteiger partial charge in [0.2, 0.25) is 5.95 Å². The molecule has 0 saturated carbocycles. The summed E-state index contributed by atoms with van der Waals surface area (Å²) in [6, 6.07) is 0.0955. The number of morpholine rings is 1. The second kappa shape index (κ2) is 9.71. The summed E-state index contributed by atoms with van der Waals surface area (Å²) in [5, 5.41) is 10.1. The standard InChI is InChI=1S/C28H38N8O3/c1-17(2)23-29-19-8-6-7-9-20(19)36(23)27-31-24-22(25(32-27)34-10-12-39-13-11-34)30-21(33(24)5)14-18-15-35(16-18)26(37)28(3,4)38/h6-9,17-20,38H,10-16H2,1-5H3. The van der Waals surface area contributed by atoms with Crippen LogP contribution in [0.2, 0.25) is 0 Å². The van der Waals surface area contributed by atoms with Crippen molar-refractivity contribution in [2.75, 3.05) is 49.2 Å². The van der Waals surface area contributed by atoms with E-state index in [1.807, 2.05) is 7.05 Å². The second-order valence-corrected chi connectivity index (χ2v) is 11.8. The van der Waals surface area contributed by atoms with Crippen molar-refractivity contribution < 1.29 is 14.6 Å². The number of imidazole rings is 1. The Hall–Kier alpha value is -3.31. The molecule has 11 nitrogen and oxygen atoms in total. The smallest absolute Gasteiger partial charge is 0.253 e. The summed E-state index contributed by atoms with van der Waals surface area (Å²) in [5.74, 6) is 3.65. The molecule has 2 aromatic heterocycles. The van der Waals surface area contributed by atoms with E-state index in [1.54, 1.807) is 4.90 Å². The van der Waals surface area contributed by atoms with Crippen molar-refractivity contribution in [1.29, 1.82) is 0 Å². The van der Waals surface area contributed by atoms with Gasteiger partial charge in [0.05, 0.1) is 25.3 Å². The van der Waals surface area contributed by atoms with E-state index < -0.39 is 5.60 Å². The molecule has 2 fully saturated rings. The molecule has 0 aromatic carbocycles. The van der Waals surface area contributed by atoms with Crippen molar-refractivity contribution in [1.82, 2.24) is 24.4 Å². The molecule has 4 aliphatic rings. The minimum absolute atomic E-state index is 0.0457. The number of aryl methyl sites for hydroxylation is 1. The van der Waals surface area contributed by atoms with Gasteiger partial charge in [-0.1, -0.05) is 38.2 Å². The molecule has 2 aromatic rings. The minimum atomic E-state index is -1.35. The summed E-state index contributed by atoms with van der Waals surface area (Å²) in [6.07, 6.45) is 9.17. The second-order valence-electron chi connectivity index (χ2n) is 11.8. The Morgan fingerprint density at radius 3 is 2.54 bits per heavy atom. The highest BCUT2D eigenvalue weighted by Crippen LogP contribution is 2.34. The van der Waals surface area contributed by atoms with Crippen LogP contribution in [0.15, 0.2) is 29.3 Å². The van der Waals surface area contributed by atoms with E-state index in [0.717, 1.165) is 48.2 Å². The normalized spacial score (nSPS) is 23.6. The van der Waals surface area contributed by atoms with Crippen molar-refractivity contribution in [3.63, 3.8) is 0 Å². The van der Waals surface area contributed by atoms with Crippen molar-refractivity contribution in [2.45, 2.75) is 51.8 Å². The number of nitrogens with zero attached hydrogens (tertiary/aromatic N) is 8. The van der Waals surface area contributed by atoms with Gasteiger partial charge in [0.25, 0.3) is 5.91 Å². The Kier molecular flexibility index (Phi) is 6.46.